The number of hydrazone groups is 1. The Morgan fingerprint density at radius 1 is 1.30 bits per heavy atom. The largest absolute Gasteiger partial charge is 0.484 e. The molecule has 0 unspecified atom stereocenters. The van der Waals surface area contributed by atoms with Gasteiger partial charge in [0, 0.05) is 5.69 Å². The third-order valence-electron chi connectivity index (χ3n) is 3.23. The minimum absolute atomic E-state index is 0.136. The van der Waals surface area contributed by atoms with E-state index in [2.05, 4.69) is 10.4 Å². The number of rotatable bonds is 6. The predicted molar refractivity (Wildman–Crippen MR) is 96.4 cm³/mol. The van der Waals surface area contributed by atoms with Crippen LogP contribution < -0.4 is 26.7 Å². The topological polar surface area (TPSA) is 106 Å². The minimum Gasteiger partial charge on any atom is -0.484 e. The van der Waals surface area contributed by atoms with Gasteiger partial charge in [0.05, 0.1) is 16.3 Å². The summed E-state index contributed by atoms with van der Waals surface area (Å²) in [7, 11) is 0. The maximum atomic E-state index is 12.8. The summed E-state index contributed by atoms with van der Waals surface area (Å²) < 4.78 is 43.6. The molecule has 144 valence electrons. The van der Waals surface area contributed by atoms with Crippen LogP contribution in [-0.2, 0) is 11.0 Å². The molecule has 0 aliphatic rings. The van der Waals surface area contributed by atoms with Gasteiger partial charge in [-0.05, 0) is 36.4 Å². The van der Waals surface area contributed by atoms with Gasteiger partial charge >= 0.3 is 6.18 Å². The maximum absolute atomic E-state index is 12.8. The molecule has 2 aromatic rings. The molecule has 11 heteroatoms. The first-order chi connectivity index (χ1) is 12.7. The lowest BCUT2D eigenvalue weighted by Crippen LogP contribution is -2.29. The Hall–Kier alpha value is -2.98. The van der Waals surface area contributed by atoms with Gasteiger partial charge in [0.15, 0.2) is 6.61 Å². The highest BCUT2D eigenvalue weighted by atomic mass is 35.5. The number of nitrogens with one attached hydrogen (secondary N) is 1. The molecule has 0 heterocycles. The van der Waals surface area contributed by atoms with Crippen molar-refractivity contribution in [2.24, 2.45) is 16.8 Å². The average Bonchev–Trinajstić information content (AvgIpc) is 2.60. The first-order valence-electron chi connectivity index (χ1n) is 7.37. The summed E-state index contributed by atoms with van der Waals surface area (Å²) in [5, 5.41) is 6.49. The Bertz CT molecular complexity index is 845. The first kappa shape index (κ1) is 20.3. The van der Waals surface area contributed by atoms with Gasteiger partial charge in [-0.1, -0.05) is 17.7 Å². The van der Waals surface area contributed by atoms with Crippen molar-refractivity contribution in [2.45, 2.75) is 6.18 Å². The second-order valence-corrected chi connectivity index (χ2v) is 5.61. The number of halogens is 4. The van der Waals surface area contributed by atoms with E-state index >= 15 is 0 Å². The number of hydrogen-bond donors (Lipinski definition) is 3. The van der Waals surface area contributed by atoms with E-state index < -0.39 is 29.3 Å². The number of benzene rings is 2. The van der Waals surface area contributed by atoms with Gasteiger partial charge in [-0.2, -0.15) is 18.3 Å². The van der Waals surface area contributed by atoms with E-state index in [1.165, 1.54) is 12.4 Å². The third-order valence-corrected chi connectivity index (χ3v) is 3.56. The number of alkyl halides is 3. The molecule has 5 N–H and O–H groups in total. The van der Waals surface area contributed by atoms with Crippen LogP contribution in [0.15, 0.2) is 47.6 Å². The van der Waals surface area contributed by atoms with Crippen LogP contribution in [0.2, 0.25) is 5.02 Å². The van der Waals surface area contributed by atoms with Gasteiger partial charge in [-0.15, -0.1) is 0 Å². The van der Waals surface area contributed by atoms with Gasteiger partial charge in [-0.3, -0.25) is 9.80 Å². The molecular formula is C16H15ClF3N5O2. The average molecular weight is 402 g/mol. The van der Waals surface area contributed by atoms with E-state index in [0.29, 0.717) is 11.4 Å². The van der Waals surface area contributed by atoms with Crippen molar-refractivity contribution in [3.8, 4) is 5.75 Å². The zero-order valence-corrected chi connectivity index (χ0v) is 14.5. The monoisotopic (exact) mass is 401 g/mol. The lowest BCUT2D eigenvalue weighted by Gasteiger charge is -2.14. The molecule has 0 spiro atoms. The van der Waals surface area contributed by atoms with E-state index in [-0.39, 0.29) is 5.75 Å². The number of anilines is 2. The number of carbonyl (C=O) groups excluding carboxylic acids is 1. The van der Waals surface area contributed by atoms with E-state index in [0.717, 1.165) is 17.1 Å². The number of amides is 1. The lowest BCUT2D eigenvalue weighted by atomic mass is 10.2. The molecule has 0 fully saturated rings. The van der Waals surface area contributed by atoms with Crippen molar-refractivity contribution in [3.05, 3.63) is 53.1 Å². The van der Waals surface area contributed by atoms with Crippen LogP contribution in [0.5, 0.6) is 5.75 Å². The molecule has 0 bridgehead atoms. The molecule has 27 heavy (non-hydrogen) atoms. The van der Waals surface area contributed by atoms with Crippen molar-refractivity contribution >= 4 is 35.2 Å². The molecule has 0 saturated heterocycles. The molecule has 1 amide bonds. The van der Waals surface area contributed by atoms with Gasteiger partial charge in [0.25, 0.3) is 5.91 Å². The Kier molecular flexibility index (Phi) is 6.48. The molecule has 2 rings (SSSR count). The minimum atomic E-state index is -4.62. The number of hydrazine groups is 1. The van der Waals surface area contributed by atoms with Crippen molar-refractivity contribution in [1.29, 1.82) is 0 Å². The molecule has 0 aromatic heterocycles. The molecule has 0 atom stereocenters. The number of hydrogen-bond acceptors (Lipinski definition) is 5. The second-order valence-electron chi connectivity index (χ2n) is 5.20. The van der Waals surface area contributed by atoms with E-state index in [1.807, 2.05) is 0 Å². The highest BCUT2D eigenvalue weighted by Crippen LogP contribution is 2.36. The summed E-state index contributed by atoms with van der Waals surface area (Å²) in [5.41, 5.74) is -0.149. The summed E-state index contributed by atoms with van der Waals surface area (Å²) in [6, 6.07) is 9.45. The fourth-order valence-corrected chi connectivity index (χ4v) is 2.26. The summed E-state index contributed by atoms with van der Waals surface area (Å²) in [6.45, 7) is -0.500. The smallest absolute Gasteiger partial charge is 0.417 e. The summed E-state index contributed by atoms with van der Waals surface area (Å²) in [4.78, 5) is 12.0. The Morgan fingerprint density at radius 3 is 2.70 bits per heavy atom. The standard InChI is InChI=1S/C16H15ClF3N5O2/c17-14-5-4-12(7-13(14)16(18,19)20)27-8-15(26)24-10-2-1-3-11(6-10)25(22)9-23-21/h1-7,9H,8,21-22H2,(H,24,26)/b23-9-. The van der Waals surface area contributed by atoms with Crippen molar-refractivity contribution in [1.82, 2.24) is 0 Å². The predicted octanol–water partition coefficient (Wildman–Crippen LogP) is 2.96. The van der Waals surface area contributed by atoms with Crippen LogP contribution in [0.1, 0.15) is 5.56 Å². The van der Waals surface area contributed by atoms with Crippen LogP contribution in [0, 0.1) is 0 Å². The van der Waals surface area contributed by atoms with Gasteiger partial charge in [0.1, 0.15) is 12.1 Å². The summed E-state index contributed by atoms with van der Waals surface area (Å²) in [5.74, 6) is 9.96. The maximum Gasteiger partial charge on any atom is 0.417 e. The van der Waals surface area contributed by atoms with Crippen LogP contribution in [-0.4, -0.2) is 18.9 Å². The Morgan fingerprint density at radius 2 is 2.04 bits per heavy atom. The quantitative estimate of drug-likeness (QED) is 0.298. The van der Waals surface area contributed by atoms with Gasteiger partial charge in [0.2, 0.25) is 0 Å². The molecule has 0 aliphatic carbocycles. The highest BCUT2D eigenvalue weighted by Gasteiger charge is 2.33. The number of carbonyl (C=O) groups is 1. The Labute approximate surface area is 157 Å². The normalized spacial score (nSPS) is 11.4. The zero-order valence-electron chi connectivity index (χ0n) is 13.7. The molecule has 7 nitrogen and oxygen atoms in total. The number of nitrogens with two attached hydrogens (primary N) is 2. The number of ether oxygens (including phenoxy) is 1. The molecule has 2 aromatic carbocycles. The summed E-state index contributed by atoms with van der Waals surface area (Å²) in [6.07, 6.45) is -3.46. The van der Waals surface area contributed by atoms with Gasteiger partial charge in [-0.25, -0.2) is 5.84 Å². The SMILES string of the molecule is N/N=C\N(N)c1cccc(NC(=O)COc2ccc(Cl)c(C(F)(F)F)c2)c1. The fourth-order valence-electron chi connectivity index (χ4n) is 2.04. The van der Waals surface area contributed by atoms with E-state index in [4.69, 9.17) is 28.0 Å². The zero-order chi connectivity index (χ0) is 20.0. The first-order valence-corrected chi connectivity index (χ1v) is 7.75. The van der Waals surface area contributed by atoms with Crippen molar-refractivity contribution < 1.29 is 22.7 Å². The molecular weight excluding hydrogens is 387 g/mol. The van der Waals surface area contributed by atoms with Crippen LogP contribution >= 0.6 is 11.6 Å². The highest BCUT2D eigenvalue weighted by molar-refractivity contribution is 6.31. The second kappa shape index (κ2) is 8.60. The van der Waals surface area contributed by atoms with Crippen LogP contribution in [0.25, 0.3) is 0 Å². The fraction of sp³-hybridized carbons (Fsp3) is 0.125. The van der Waals surface area contributed by atoms with E-state index in [1.54, 1.807) is 24.3 Å². The van der Waals surface area contributed by atoms with Crippen molar-refractivity contribution in [2.75, 3.05) is 16.9 Å². The Balaban J connectivity index is 2.00. The molecule has 0 radical (unpaired) electrons. The van der Waals surface area contributed by atoms with Crippen LogP contribution in [0.3, 0.4) is 0 Å². The molecule has 0 saturated carbocycles. The molecule has 0 aliphatic heterocycles. The lowest BCUT2D eigenvalue weighted by molar-refractivity contribution is -0.137. The van der Waals surface area contributed by atoms with Crippen molar-refractivity contribution in [3.63, 3.8) is 0 Å². The van der Waals surface area contributed by atoms with Crippen LogP contribution in [0.4, 0.5) is 24.5 Å². The third kappa shape index (κ3) is 5.76. The summed E-state index contributed by atoms with van der Waals surface area (Å²) >= 11 is 5.53. The van der Waals surface area contributed by atoms with Gasteiger partial charge < -0.3 is 15.9 Å². The number of nitrogens with zero attached hydrogens (tertiary/aromatic N) is 2. The van der Waals surface area contributed by atoms with E-state index in [9.17, 15) is 18.0 Å².